The Balaban J connectivity index is 3.08. The van der Waals surface area contributed by atoms with Crippen molar-refractivity contribution in [3.05, 3.63) is 33.9 Å². The van der Waals surface area contributed by atoms with Crippen LogP contribution in [0, 0.1) is 10.1 Å². The van der Waals surface area contributed by atoms with Crippen LogP contribution in [-0.2, 0) is 4.79 Å². The van der Waals surface area contributed by atoms with Gasteiger partial charge in [-0.3, -0.25) is 19.7 Å². The second kappa shape index (κ2) is 5.06. The van der Waals surface area contributed by atoms with Crippen molar-refractivity contribution < 1.29 is 19.2 Å². The van der Waals surface area contributed by atoms with E-state index in [0.717, 1.165) is 6.07 Å². The Bertz CT molecular complexity index is 484. The molecule has 0 aromatic heterocycles. The third kappa shape index (κ3) is 3.26. The van der Waals surface area contributed by atoms with Crippen LogP contribution in [0.25, 0.3) is 0 Å². The summed E-state index contributed by atoms with van der Waals surface area (Å²) in [7, 11) is 0. The van der Waals surface area contributed by atoms with Gasteiger partial charge in [-0.25, -0.2) is 0 Å². The fourth-order valence-electron chi connectivity index (χ4n) is 1.11. The van der Waals surface area contributed by atoms with Gasteiger partial charge in [0, 0.05) is 11.6 Å². The van der Waals surface area contributed by atoms with Gasteiger partial charge in [0.25, 0.3) is 0 Å². The van der Waals surface area contributed by atoms with Crippen molar-refractivity contribution in [3.8, 4) is 5.75 Å². The Morgan fingerprint density at radius 2 is 2.12 bits per heavy atom. The fourth-order valence-corrected chi connectivity index (χ4v) is 1.11. The topological polar surface area (TPSA) is 113 Å². The van der Waals surface area contributed by atoms with Gasteiger partial charge in [0.05, 0.1) is 4.92 Å². The number of carbonyl (C=O) groups is 2. The number of nitrogens with zero attached hydrogens (tertiary/aromatic N) is 1. The summed E-state index contributed by atoms with van der Waals surface area (Å²) in [5.41, 5.74) is 4.60. The maximum Gasteiger partial charge on any atom is 0.311 e. The molecule has 0 radical (unpaired) electrons. The summed E-state index contributed by atoms with van der Waals surface area (Å²) in [5.74, 6) is -1.11. The number of nitro groups is 1. The lowest BCUT2D eigenvalue weighted by molar-refractivity contribution is -0.385. The predicted octanol–water partition coefficient (Wildman–Crippen LogP) is 0.662. The van der Waals surface area contributed by atoms with Gasteiger partial charge in [0.2, 0.25) is 5.91 Å². The molecule has 0 saturated carbocycles. The molecule has 1 aromatic rings. The lowest BCUT2D eigenvalue weighted by Gasteiger charge is -2.05. The van der Waals surface area contributed by atoms with Crippen LogP contribution in [0.4, 0.5) is 5.69 Å². The Labute approximate surface area is 96.3 Å². The number of rotatable bonds is 5. The molecule has 1 aromatic carbocycles. The fraction of sp³-hybridized carbons (Fsp3) is 0.200. The molecule has 0 bridgehead atoms. The minimum Gasteiger partial charge on any atom is -0.479 e. The van der Waals surface area contributed by atoms with Gasteiger partial charge in [-0.15, -0.1) is 0 Å². The SMILES string of the molecule is CC(=O)COc1ccc(C(N)=O)cc1[N+](=O)[O-]. The lowest BCUT2D eigenvalue weighted by atomic mass is 10.2. The van der Waals surface area contributed by atoms with Crippen molar-refractivity contribution in [3.63, 3.8) is 0 Å². The number of Topliss-reactive ketones (excluding diaryl/α,β-unsaturated/α-hetero) is 1. The van der Waals surface area contributed by atoms with Crippen LogP contribution in [-0.4, -0.2) is 23.2 Å². The number of primary amides is 1. The first-order chi connectivity index (χ1) is 7.91. The van der Waals surface area contributed by atoms with E-state index in [1.165, 1.54) is 19.1 Å². The summed E-state index contributed by atoms with van der Waals surface area (Å²) in [6.07, 6.45) is 0. The minimum absolute atomic E-state index is 0.00637. The van der Waals surface area contributed by atoms with Crippen molar-refractivity contribution in [2.45, 2.75) is 6.92 Å². The molecule has 0 saturated heterocycles. The highest BCUT2D eigenvalue weighted by atomic mass is 16.6. The molecule has 0 fully saturated rings. The molecule has 17 heavy (non-hydrogen) atoms. The van der Waals surface area contributed by atoms with E-state index in [2.05, 4.69) is 0 Å². The Morgan fingerprint density at radius 1 is 1.47 bits per heavy atom. The molecule has 1 amide bonds. The number of hydrogen-bond acceptors (Lipinski definition) is 5. The van der Waals surface area contributed by atoms with Gasteiger partial charge in [-0.1, -0.05) is 0 Å². The Hall–Kier alpha value is -2.44. The molecule has 2 N–H and O–H groups in total. The van der Waals surface area contributed by atoms with Gasteiger partial charge in [-0.2, -0.15) is 0 Å². The van der Waals surface area contributed by atoms with Crippen molar-refractivity contribution in [1.82, 2.24) is 0 Å². The average molecular weight is 238 g/mol. The van der Waals surface area contributed by atoms with E-state index in [1.54, 1.807) is 0 Å². The molecule has 0 spiro atoms. The van der Waals surface area contributed by atoms with E-state index in [0.29, 0.717) is 0 Å². The first kappa shape index (κ1) is 12.6. The van der Waals surface area contributed by atoms with Crippen LogP contribution in [0.15, 0.2) is 18.2 Å². The quantitative estimate of drug-likeness (QED) is 0.598. The highest BCUT2D eigenvalue weighted by Crippen LogP contribution is 2.27. The molecule has 0 aliphatic heterocycles. The minimum atomic E-state index is -0.772. The molecule has 0 unspecified atom stereocenters. The molecule has 0 atom stereocenters. The second-order valence-electron chi connectivity index (χ2n) is 3.29. The van der Waals surface area contributed by atoms with Crippen LogP contribution in [0.5, 0.6) is 5.75 Å². The zero-order valence-corrected chi connectivity index (χ0v) is 9.00. The van der Waals surface area contributed by atoms with Crippen molar-refractivity contribution in [1.29, 1.82) is 0 Å². The predicted molar refractivity (Wildman–Crippen MR) is 57.8 cm³/mol. The molecule has 0 aliphatic carbocycles. The first-order valence-electron chi connectivity index (χ1n) is 4.62. The maximum atomic E-state index is 10.9. The van der Waals surface area contributed by atoms with E-state index in [-0.39, 0.29) is 23.7 Å². The van der Waals surface area contributed by atoms with Crippen molar-refractivity contribution >= 4 is 17.4 Å². The number of nitrogens with two attached hydrogens (primary N) is 1. The Kier molecular flexibility index (Phi) is 3.76. The van der Waals surface area contributed by atoms with Crippen LogP contribution in [0.3, 0.4) is 0 Å². The lowest BCUT2D eigenvalue weighted by Crippen LogP contribution is -2.12. The molecular weight excluding hydrogens is 228 g/mol. The standard InChI is InChI=1S/C10H10N2O5/c1-6(13)5-17-9-3-2-7(10(11)14)4-8(9)12(15)16/h2-4H,5H2,1H3,(H2,11,14). The number of benzene rings is 1. The number of hydrogen-bond donors (Lipinski definition) is 1. The van der Waals surface area contributed by atoms with Crippen LogP contribution in [0.2, 0.25) is 0 Å². The van der Waals surface area contributed by atoms with E-state index in [4.69, 9.17) is 10.5 Å². The van der Waals surface area contributed by atoms with Crippen molar-refractivity contribution in [2.24, 2.45) is 5.73 Å². The third-order valence-corrected chi connectivity index (χ3v) is 1.87. The van der Waals surface area contributed by atoms with Gasteiger partial charge in [0.15, 0.2) is 11.5 Å². The van der Waals surface area contributed by atoms with Crippen molar-refractivity contribution in [2.75, 3.05) is 6.61 Å². The normalized spacial score (nSPS) is 9.71. The number of ether oxygens (including phenoxy) is 1. The third-order valence-electron chi connectivity index (χ3n) is 1.87. The first-order valence-corrected chi connectivity index (χ1v) is 4.62. The van der Waals surface area contributed by atoms with Gasteiger partial charge >= 0.3 is 5.69 Å². The number of amides is 1. The summed E-state index contributed by atoms with van der Waals surface area (Å²) in [5, 5.41) is 10.7. The molecule has 1 rings (SSSR count). The number of nitro benzene ring substituents is 1. The highest BCUT2D eigenvalue weighted by Gasteiger charge is 2.18. The van der Waals surface area contributed by atoms with Crippen LogP contribution < -0.4 is 10.5 Å². The van der Waals surface area contributed by atoms with E-state index >= 15 is 0 Å². The largest absolute Gasteiger partial charge is 0.479 e. The zero-order valence-electron chi connectivity index (χ0n) is 9.00. The van der Waals surface area contributed by atoms with Crippen LogP contribution in [0.1, 0.15) is 17.3 Å². The highest BCUT2D eigenvalue weighted by molar-refractivity contribution is 5.93. The molecule has 0 heterocycles. The van der Waals surface area contributed by atoms with Gasteiger partial charge in [0.1, 0.15) is 6.61 Å². The maximum absolute atomic E-state index is 10.9. The average Bonchev–Trinajstić information content (AvgIpc) is 2.25. The summed E-state index contributed by atoms with van der Waals surface area (Å²) >= 11 is 0. The van der Waals surface area contributed by atoms with E-state index in [1.807, 2.05) is 0 Å². The molecule has 7 nitrogen and oxygen atoms in total. The van der Waals surface area contributed by atoms with E-state index < -0.39 is 16.5 Å². The Morgan fingerprint density at radius 3 is 2.59 bits per heavy atom. The number of ketones is 1. The van der Waals surface area contributed by atoms with E-state index in [9.17, 15) is 19.7 Å². The smallest absolute Gasteiger partial charge is 0.311 e. The second-order valence-corrected chi connectivity index (χ2v) is 3.29. The summed E-state index contributed by atoms with van der Waals surface area (Å²) in [6, 6.07) is 3.55. The summed E-state index contributed by atoms with van der Waals surface area (Å²) in [4.78, 5) is 31.6. The summed E-state index contributed by atoms with van der Waals surface area (Å²) < 4.78 is 4.95. The van der Waals surface area contributed by atoms with Crippen LogP contribution >= 0.6 is 0 Å². The molecule has 0 aliphatic rings. The van der Waals surface area contributed by atoms with Gasteiger partial charge in [-0.05, 0) is 19.1 Å². The molecule has 90 valence electrons. The molecular formula is C10H10N2O5. The zero-order chi connectivity index (χ0) is 13.0. The molecule has 7 heteroatoms. The monoisotopic (exact) mass is 238 g/mol. The summed E-state index contributed by atoms with van der Waals surface area (Å²) in [6.45, 7) is 1.03. The number of carbonyl (C=O) groups excluding carboxylic acids is 2. The van der Waals surface area contributed by atoms with Gasteiger partial charge < -0.3 is 10.5 Å².